The van der Waals surface area contributed by atoms with Crippen molar-refractivity contribution < 1.29 is 19.0 Å². The number of amides is 1. The molecule has 0 aliphatic carbocycles. The van der Waals surface area contributed by atoms with Crippen molar-refractivity contribution in [2.24, 2.45) is 5.73 Å². The Morgan fingerprint density at radius 3 is 2.82 bits per heavy atom. The fourth-order valence-electron chi connectivity index (χ4n) is 5.32. The molecule has 39 heavy (non-hydrogen) atoms. The van der Waals surface area contributed by atoms with Crippen LogP contribution in [-0.2, 0) is 4.74 Å². The molecule has 2 aliphatic rings. The van der Waals surface area contributed by atoms with E-state index in [4.69, 9.17) is 10.5 Å². The minimum Gasteiger partial charge on any atom is -0.391 e. The molecule has 200 valence electrons. The second-order valence-electron chi connectivity index (χ2n) is 10.0. The van der Waals surface area contributed by atoms with Gasteiger partial charge < -0.3 is 20.5 Å². The number of aliphatic hydroxyl groups is 1. The highest BCUT2D eigenvalue weighted by Gasteiger charge is 2.29. The van der Waals surface area contributed by atoms with Crippen LogP contribution in [0.3, 0.4) is 0 Å². The fourth-order valence-corrected chi connectivity index (χ4v) is 6.47. The molecular formula is C28H27FN6O3S. The molecule has 9 nitrogen and oxygen atoms in total. The molecule has 4 heterocycles. The number of nitrogens with two attached hydrogens (primary N) is 1. The SMILES string of the molecule is N#Cc1ccc(-c2cc(C(=O)N3CCC[C@@H](N)C3)sc2-c2ccc3c(c2)nnn3C2COCCC2O)cc1F. The lowest BCUT2D eigenvalue weighted by molar-refractivity contribution is -0.0321. The van der Waals surface area contributed by atoms with Gasteiger partial charge in [-0.15, -0.1) is 16.4 Å². The molecule has 3 N–H and O–H groups in total. The van der Waals surface area contributed by atoms with Crippen LogP contribution >= 0.6 is 11.3 Å². The number of benzene rings is 2. The zero-order valence-electron chi connectivity index (χ0n) is 21.1. The number of rotatable bonds is 4. The number of thiophene rings is 1. The molecule has 2 aromatic heterocycles. The third kappa shape index (κ3) is 4.81. The first kappa shape index (κ1) is 25.6. The molecule has 1 amide bonds. The van der Waals surface area contributed by atoms with Crippen molar-refractivity contribution in [1.82, 2.24) is 19.9 Å². The van der Waals surface area contributed by atoms with Crippen LogP contribution in [0.15, 0.2) is 42.5 Å². The summed E-state index contributed by atoms with van der Waals surface area (Å²) in [5, 5.41) is 28.3. The van der Waals surface area contributed by atoms with Gasteiger partial charge in [0.2, 0.25) is 0 Å². The van der Waals surface area contributed by atoms with Crippen molar-refractivity contribution in [3.63, 3.8) is 0 Å². The quantitative estimate of drug-likeness (QED) is 0.399. The number of ether oxygens (including phenoxy) is 1. The van der Waals surface area contributed by atoms with Crippen molar-refractivity contribution >= 4 is 28.3 Å². The summed E-state index contributed by atoms with van der Waals surface area (Å²) >= 11 is 1.34. The van der Waals surface area contributed by atoms with Crippen molar-refractivity contribution in [3.8, 4) is 27.6 Å². The molecule has 2 aliphatic heterocycles. The van der Waals surface area contributed by atoms with Crippen LogP contribution in [0.2, 0.25) is 0 Å². The number of hydrogen-bond donors (Lipinski definition) is 2. The van der Waals surface area contributed by atoms with Crippen molar-refractivity contribution in [1.29, 1.82) is 5.26 Å². The van der Waals surface area contributed by atoms with E-state index >= 15 is 0 Å². The van der Waals surface area contributed by atoms with Crippen LogP contribution in [0.25, 0.3) is 32.6 Å². The highest BCUT2D eigenvalue weighted by Crippen LogP contribution is 2.41. The Balaban J connectivity index is 1.42. The Morgan fingerprint density at radius 1 is 1.21 bits per heavy atom. The number of halogens is 1. The zero-order valence-corrected chi connectivity index (χ0v) is 21.9. The van der Waals surface area contributed by atoms with Crippen LogP contribution in [0, 0.1) is 17.1 Å². The lowest BCUT2D eigenvalue weighted by atomic mass is 10.00. The van der Waals surface area contributed by atoms with E-state index in [1.54, 1.807) is 21.7 Å². The summed E-state index contributed by atoms with van der Waals surface area (Å²) in [6.07, 6.45) is 1.70. The van der Waals surface area contributed by atoms with Crippen LogP contribution in [0.4, 0.5) is 4.39 Å². The first-order valence-corrected chi connectivity index (χ1v) is 13.7. The maximum atomic E-state index is 14.6. The highest BCUT2D eigenvalue weighted by molar-refractivity contribution is 7.18. The fraction of sp³-hybridized carbons (Fsp3) is 0.357. The number of nitrogens with zero attached hydrogens (tertiary/aromatic N) is 5. The molecule has 0 radical (unpaired) electrons. The number of carbonyl (C=O) groups is 1. The van der Waals surface area contributed by atoms with Gasteiger partial charge >= 0.3 is 0 Å². The van der Waals surface area contributed by atoms with E-state index in [-0.39, 0.29) is 23.6 Å². The van der Waals surface area contributed by atoms with Gasteiger partial charge in [-0.1, -0.05) is 17.3 Å². The first-order valence-electron chi connectivity index (χ1n) is 12.9. The minimum atomic E-state index is -0.617. The van der Waals surface area contributed by atoms with Gasteiger partial charge in [-0.25, -0.2) is 9.07 Å². The third-order valence-corrected chi connectivity index (χ3v) is 8.60. The predicted octanol–water partition coefficient (Wildman–Crippen LogP) is 3.72. The third-order valence-electron chi connectivity index (χ3n) is 7.43. The molecule has 6 rings (SSSR count). The second-order valence-corrected chi connectivity index (χ2v) is 11.1. The molecular weight excluding hydrogens is 519 g/mol. The van der Waals surface area contributed by atoms with E-state index in [0.717, 1.165) is 28.8 Å². The van der Waals surface area contributed by atoms with Crippen LogP contribution in [-0.4, -0.2) is 69.4 Å². The van der Waals surface area contributed by atoms with E-state index in [2.05, 4.69) is 10.3 Å². The van der Waals surface area contributed by atoms with E-state index in [0.29, 0.717) is 54.2 Å². The second kappa shape index (κ2) is 10.5. The van der Waals surface area contributed by atoms with Gasteiger partial charge in [0, 0.05) is 36.2 Å². The molecule has 2 fully saturated rings. The van der Waals surface area contributed by atoms with Gasteiger partial charge in [-0.05, 0) is 60.7 Å². The number of nitriles is 1. The number of aliphatic hydroxyl groups excluding tert-OH is 1. The minimum absolute atomic E-state index is 0.0407. The normalized spacial score (nSPS) is 21.7. The predicted molar refractivity (Wildman–Crippen MR) is 145 cm³/mol. The smallest absolute Gasteiger partial charge is 0.264 e. The van der Waals surface area contributed by atoms with Gasteiger partial charge in [0.1, 0.15) is 23.4 Å². The number of aromatic nitrogens is 3. The lowest BCUT2D eigenvalue weighted by Gasteiger charge is -2.30. The summed E-state index contributed by atoms with van der Waals surface area (Å²) in [5.74, 6) is -0.719. The standard InChI is InChI=1S/C28H27FN6O3S/c29-21-10-16(3-4-18(21)13-30)20-12-26(28(37)34-8-1-2-19(31)14-34)39-27(20)17-5-6-23-22(11-17)32-33-35(23)24-15-38-9-7-25(24)36/h3-6,10-12,19,24-25,36H,1-2,7-9,14-15,31H2/t19-,24?,25?/m1/s1. The largest absolute Gasteiger partial charge is 0.391 e. The number of piperidine rings is 1. The van der Waals surface area contributed by atoms with E-state index in [9.17, 15) is 19.6 Å². The van der Waals surface area contributed by atoms with Crippen molar-refractivity contribution in [3.05, 3.63) is 58.7 Å². The summed E-state index contributed by atoms with van der Waals surface area (Å²) < 4.78 is 21.9. The molecule has 3 atom stereocenters. The molecule has 2 unspecified atom stereocenters. The van der Waals surface area contributed by atoms with Gasteiger partial charge in [-0.2, -0.15) is 5.26 Å². The summed E-state index contributed by atoms with van der Waals surface area (Å²) in [6.45, 7) is 2.01. The van der Waals surface area contributed by atoms with Crippen LogP contribution < -0.4 is 5.73 Å². The Bertz CT molecular complexity index is 1590. The van der Waals surface area contributed by atoms with Gasteiger partial charge in [0.25, 0.3) is 5.91 Å². The summed E-state index contributed by atoms with van der Waals surface area (Å²) in [4.78, 5) is 16.6. The maximum absolute atomic E-state index is 14.6. The topological polar surface area (TPSA) is 130 Å². The average molecular weight is 547 g/mol. The van der Waals surface area contributed by atoms with Crippen LogP contribution in [0.1, 0.15) is 40.5 Å². The van der Waals surface area contributed by atoms with Gasteiger partial charge in [0.15, 0.2) is 0 Å². The molecule has 0 spiro atoms. The number of hydrogen-bond acceptors (Lipinski definition) is 8. The molecule has 0 bridgehead atoms. The van der Waals surface area contributed by atoms with E-state index in [1.807, 2.05) is 24.3 Å². The number of likely N-dealkylation sites (tertiary alicyclic amines) is 1. The monoisotopic (exact) mass is 546 g/mol. The molecule has 0 saturated carbocycles. The molecule has 2 aromatic carbocycles. The summed E-state index contributed by atoms with van der Waals surface area (Å²) in [7, 11) is 0. The van der Waals surface area contributed by atoms with Crippen LogP contribution in [0.5, 0.6) is 0 Å². The van der Waals surface area contributed by atoms with E-state index in [1.165, 1.54) is 23.5 Å². The zero-order chi connectivity index (χ0) is 27.1. The maximum Gasteiger partial charge on any atom is 0.264 e. The average Bonchev–Trinajstić information content (AvgIpc) is 3.57. The van der Waals surface area contributed by atoms with Crippen molar-refractivity contribution in [2.45, 2.75) is 37.5 Å². The van der Waals surface area contributed by atoms with Gasteiger partial charge in [0.05, 0.1) is 28.7 Å². The van der Waals surface area contributed by atoms with Gasteiger partial charge in [-0.3, -0.25) is 4.79 Å². The Hall–Kier alpha value is -3.69. The molecule has 2 saturated heterocycles. The number of carbonyl (C=O) groups excluding carboxylic acids is 1. The lowest BCUT2D eigenvalue weighted by Crippen LogP contribution is -2.45. The summed E-state index contributed by atoms with van der Waals surface area (Å²) in [5.41, 5.74) is 9.53. The number of fused-ring (bicyclic) bond motifs is 1. The summed E-state index contributed by atoms with van der Waals surface area (Å²) in [6, 6.07) is 13.4. The van der Waals surface area contributed by atoms with Crippen molar-refractivity contribution in [2.75, 3.05) is 26.3 Å². The molecule has 11 heteroatoms. The first-order chi connectivity index (χ1) is 18.9. The molecule has 4 aromatic rings. The van der Waals surface area contributed by atoms with E-state index < -0.39 is 11.9 Å². The Kier molecular flexibility index (Phi) is 6.86. The Labute approximate surface area is 228 Å². The highest BCUT2D eigenvalue weighted by atomic mass is 32.1. The Morgan fingerprint density at radius 2 is 2.05 bits per heavy atom.